The van der Waals surface area contributed by atoms with Gasteiger partial charge in [-0.15, -0.1) is 0 Å². The molecule has 1 aliphatic carbocycles. The van der Waals surface area contributed by atoms with E-state index in [1.807, 2.05) is 55.5 Å². The van der Waals surface area contributed by atoms with Crippen LogP contribution >= 0.6 is 0 Å². The van der Waals surface area contributed by atoms with Crippen LogP contribution in [0.25, 0.3) is 11.1 Å². The van der Waals surface area contributed by atoms with Gasteiger partial charge in [0.1, 0.15) is 13.2 Å². The predicted octanol–water partition coefficient (Wildman–Crippen LogP) is 4.83. The van der Waals surface area contributed by atoms with Crippen LogP contribution in [0.5, 0.6) is 0 Å². The summed E-state index contributed by atoms with van der Waals surface area (Å²) in [7, 11) is 0. The summed E-state index contributed by atoms with van der Waals surface area (Å²) in [5.74, 6) is -1.14. The lowest BCUT2D eigenvalue weighted by Crippen LogP contribution is -2.36. The summed E-state index contributed by atoms with van der Waals surface area (Å²) in [4.78, 5) is 25.4. The molecule has 0 radical (unpaired) electrons. The van der Waals surface area contributed by atoms with E-state index in [4.69, 9.17) is 4.74 Å². The first-order chi connectivity index (χ1) is 14.5. The van der Waals surface area contributed by atoms with Crippen LogP contribution in [0, 0.1) is 6.92 Å². The molecule has 0 aliphatic heterocycles. The number of amides is 1. The minimum absolute atomic E-state index is 0.0634. The first kappa shape index (κ1) is 19.7. The number of carboxylic acid groups (broad SMARTS) is 1. The molecule has 0 unspecified atom stereocenters. The minimum Gasteiger partial charge on any atom is -0.480 e. The summed E-state index contributed by atoms with van der Waals surface area (Å²) < 4.78 is 5.64. The van der Waals surface area contributed by atoms with Crippen LogP contribution in [0.15, 0.2) is 72.8 Å². The van der Waals surface area contributed by atoms with Gasteiger partial charge in [-0.25, -0.2) is 4.79 Å². The highest BCUT2D eigenvalue weighted by Crippen LogP contribution is 2.44. The molecule has 30 heavy (non-hydrogen) atoms. The average Bonchev–Trinajstić information content (AvgIpc) is 3.06. The Kier molecular flexibility index (Phi) is 5.53. The van der Waals surface area contributed by atoms with E-state index in [1.165, 1.54) is 4.90 Å². The second kappa shape index (κ2) is 8.41. The van der Waals surface area contributed by atoms with Crippen molar-refractivity contribution in [3.63, 3.8) is 0 Å². The van der Waals surface area contributed by atoms with Crippen LogP contribution in [-0.2, 0) is 16.1 Å². The van der Waals surface area contributed by atoms with Crippen molar-refractivity contribution < 1.29 is 19.4 Å². The summed E-state index contributed by atoms with van der Waals surface area (Å²) in [6.45, 7) is 1.88. The van der Waals surface area contributed by atoms with Gasteiger partial charge in [-0.2, -0.15) is 0 Å². The van der Waals surface area contributed by atoms with E-state index >= 15 is 0 Å². The van der Waals surface area contributed by atoms with Gasteiger partial charge in [0, 0.05) is 12.5 Å². The van der Waals surface area contributed by atoms with Gasteiger partial charge in [-0.3, -0.25) is 9.69 Å². The Hall–Kier alpha value is -3.60. The Bertz CT molecular complexity index is 1050. The van der Waals surface area contributed by atoms with Crippen molar-refractivity contribution in [2.45, 2.75) is 19.4 Å². The molecule has 3 aromatic rings. The number of fused-ring (bicyclic) bond motifs is 3. The van der Waals surface area contributed by atoms with Crippen molar-refractivity contribution in [2.24, 2.45) is 0 Å². The number of hydrogen-bond acceptors (Lipinski definition) is 3. The summed E-state index contributed by atoms with van der Waals surface area (Å²) in [5, 5.41) is 9.27. The minimum atomic E-state index is -1.07. The van der Waals surface area contributed by atoms with Crippen molar-refractivity contribution >= 4 is 12.1 Å². The molecule has 3 aromatic carbocycles. The number of benzene rings is 3. The highest BCUT2D eigenvalue weighted by Gasteiger charge is 2.30. The second-order valence-corrected chi connectivity index (χ2v) is 7.48. The number of aryl methyl sites for hydroxylation is 1. The number of ether oxygens (including phenoxy) is 1. The Morgan fingerprint density at radius 1 is 0.900 bits per heavy atom. The van der Waals surface area contributed by atoms with E-state index in [1.54, 1.807) is 0 Å². The number of carbonyl (C=O) groups is 2. The normalized spacial score (nSPS) is 12.2. The number of carbonyl (C=O) groups excluding carboxylic acids is 1. The van der Waals surface area contributed by atoms with Crippen LogP contribution in [0.3, 0.4) is 0 Å². The zero-order chi connectivity index (χ0) is 21.1. The largest absolute Gasteiger partial charge is 0.480 e. The van der Waals surface area contributed by atoms with E-state index in [9.17, 15) is 14.7 Å². The van der Waals surface area contributed by atoms with Crippen molar-refractivity contribution in [3.05, 3.63) is 95.1 Å². The summed E-state index contributed by atoms with van der Waals surface area (Å²) in [5.41, 5.74) is 6.44. The number of hydrogen-bond donors (Lipinski definition) is 1. The fraction of sp³-hybridized carbons (Fsp3) is 0.200. The van der Waals surface area contributed by atoms with E-state index in [-0.39, 0.29) is 19.1 Å². The number of aliphatic carboxylic acids is 1. The summed E-state index contributed by atoms with van der Waals surface area (Å²) in [6, 6.07) is 23.8. The first-order valence-corrected chi connectivity index (χ1v) is 9.91. The summed E-state index contributed by atoms with van der Waals surface area (Å²) >= 11 is 0. The number of nitrogens with zero attached hydrogens (tertiary/aromatic N) is 1. The van der Waals surface area contributed by atoms with E-state index in [0.29, 0.717) is 0 Å². The molecule has 0 spiro atoms. The van der Waals surface area contributed by atoms with Gasteiger partial charge in [0.25, 0.3) is 0 Å². The molecular weight excluding hydrogens is 378 g/mol. The van der Waals surface area contributed by atoms with Crippen LogP contribution in [0.1, 0.15) is 28.2 Å². The van der Waals surface area contributed by atoms with E-state index in [0.717, 1.165) is 33.4 Å². The lowest BCUT2D eigenvalue weighted by Gasteiger charge is -2.23. The lowest BCUT2D eigenvalue weighted by atomic mass is 9.98. The van der Waals surface area contributed by atoms with E-state index < -0.39 is 18.6 Å². The maximum Gasteiger partial charge on any atom is 0.410 e. The SMILES string of the molecule is Cc1ccccc1CN(CC(=O)O)C(=O)OCC1c2ccccc2-c2ccccc21. The quantitative estimate of drug-likeness (QED) is 0.642. The molecule has 5 heteroatoms. The number of rotatable bonds is 6. The molecule has 0 atom stereocenters. The number of carboxylic acids is 1. The standard InChI is InChI=1S/C25H23NO4/c1-17-8-2-3-9-18(17)14-26(15-24(27)28)25(29)30-16-23-21-12-6-4-10-19(21)20-11-5-7-13-22(20)23/h2-13,23H,14-16H2,1H3,(H,27,28). The van der Waals surface area contributed by atoms with Gasteiger partial charge in [0.15, 0.2) is 0 Å². The third-order valence-corrected chi connectivity index (χ3v) is 5.54. The molecule has 0 bridgehead atoms. The molecule has 1 amide bonds. The maximum absolute atomic E-state index is 12.8. The molecule has 1 aliphatic rings. The molecule has 4 rings (SSSR count). The third kappa shape index (κ3) is 3.92. The summed E-state index contributed by atoms with van der Waals surface area (Å²) in [6.07, 6.45) is -0.623. The maximum atomic E-state index is 12.8. The topological polar surface area (TPSA) is 66.8 Å². The van der Waals surface area contributed by atoms with Crippen molar-refractivity contribution in [2.75, 3.05) is 13.2 Å². The smallest absolute Gasteiger partial charge is 0.410 e. The molecule has 0 saturated heterocycles. The fourth-order valence-electron chi connectivity index (χ4n) is 4.03. The van der Waals surface area contributed by atoms with Gasteiger partial charge in [-0.05, 0) is 40.3 Å². The second-order valence-electron chi connectivity index (χ2n) is 7.48. The van der Waals surface area contributed by atoms with Crippen molar-refractivity contribution in [1.29, 1.82) is 0 Å². The lowest BCUT2D eigenvalue weighted by molar-refractivity contribution is -0.138. The molecule has 5 nitrogen and oxygen atoms in total. The van der Waals surface area contributed by atoms with Gasteiger partial charge in [0.2, 0.25) is 0 Å². The molecule has 1 N–H and O–H groups in total. The highest BCUT2D eigenvalue weighted by molar-refractivity contribution is 5.79. The van der Waals surface area contributed by atoms with Crippen LogP contribution in [0.4, 0.5) is 4.79 Å². The zero-order valence-corrected chi connectivity index (χ0v) is 16.7. The molecular formula is C25H23NO4. The Labute approximate surface area is 175 Å². The molecule has 0 heterocycles. The third-order valence-electron chi connectivity index (χ3n) is 5.54. The van der Waals surface area contributed by atoms with Gasteiger partial charge in [0.05, 0.1) is 0 Å². The van der Waals surface area contributed by atoms with Crippen molar-refractivity contribution in [1.82, 2.24) is 4.90 Å². The fourth-order valence-corrected chi connectivity index (χ4v) is 4.03. The molecule has 152 valence electrons. The molecule has 0 saturated carbocycles. The Balaban J connectivity index is 1.52. The van der Waals surface area contributed by atoms with Gasteiger partial charge < -0.3 is 9.84 Å². The first-order valence-electron chi connectivity index (χ1n) is 9.91. The van der Waals surface area contributed by atoms with Crippen LogP contribution in [0.2, 0.25) is 0 Å². The average molecular weight is 401 g/mol. The van der Waals surface area contributed by atoms with E-state index in [2.05, 4.69) is 24.3 Å². The zero-order valence-electron chi connectivity index (χ0n) is 16.7. The van der Waals surface area contributed by atoms with Crippen LogP contribution in [-0.4, -0.2) is 35.2 Å². The van der Waals surface area contributed by atoms with Crippen molar-refractivity contribution in [3.8, 4) is 11.1 Å². The Morgan fingerprint density at radius 3 is 2.07 bits per heavy atom. The molecule has 0 aromatic heterocycles. The monoisotopic (exact) mass is 401 g/mol. The Morgan fingerprint density at radius 2 is 1.47 bits per heavy atom. The molecule has 0 fully saturated rings. The van der Waals surface area contributed by atoms with Gasteiger partial charge >= 0.3 is 12.1 Å². The predicted molar refractivity (Wildman–Crippen MR) is 114 cm³/mol. The van der Waals surface area contributed by atoms with Gasteiger partial charge in [-0.1, -0.05) is 72.8 Å². The highest BCUT2D eigenvalue weighted by atomic mass is 16.6. The van der Waals surface area contributed by atoms with Crippen LogP contribution < -0.4 is 0 Å².